The molecule has 0 bridgehead atoms. The highest BCUT2D eigenvalue weighted by Crippen LogP contribution is 2.11. The Morgan fingerprint density at radius 3 is 2.62 bits per heavy atom. The van der Waals surface area contributed by atoms with Crippen molar-refractivity contribution >= 4 is 12.1 Å². The summed E-state index contributed by atoms with van der Waals surface area (Å²) in [7, 11) is 0. The Hall–Kier alpha value is -2.17. The summed E-state index contributed by atoms with van der Waals surface area (Å²) in [6, 6.07) is 0. The van der Waals surface area contributed by atoms with Crippen LogP contribution in [0.25, 0.3) is 0 Å². The van der Waals surface area contributed by atoms with Gasteiger partial charge in [-0.05, 0) is 39.3 Å². The first-order valence-corrected chi connectivity index (χ1v) is 6.70. The summed E-state index contributed by atoms with van der Waals surface area (Å²) in [6.07, 6.45) is 5.85. The summed E-state index contributed by atoms with van der Waals surface area (Å²) in [5, 5.41) is 2.64. The molecule has 0 spiro atoms. The van der Waals surface area contributed by atoms with Crippen molar-refractivity contribution in [2.45, 2.75) is 27.7 Å². The molecule has 4 nitrogen and oxygen atoms in total. The van der Waals surface area contributed by atoms with Gasteiger partial charge in [0.1, 0.15) is 11.6 Å². The summed E-state index contributed by atoms with van der Waals surface area (Å²) in [5.41, 5.74) is 1.11. The van der Waals surface area contributed by atoms with Crippen LogP contribution in [0, 0.1) is 0 Å². The predicted octanol–water partition coefficient (Wildman–Crippen LogP) is 3.69. The van der Waals surface area contributed by atoms with Crippen molar-refractivity contribution in [1.29, 1.82) is 0 Å². The number of amides is 1. The van der Waals surface area contributed by atoms with Crippen molar-refractivity contribution in [3.63, 3.8) is 0 Å². The number of nitrogens with one attached hydrogen (secondary N) is 1. The lowest BCUT2D eigenvalue weighted by molar-refractivity contribution is -0.123. The van der Waals surface area contributed by atoms with Gasteiger partial charge in [-0.3, -0.25) is 9.79 Å². The highest BCUT2D eigenvalue weighted by molar-refractivity contribution is 5.88. The Morgan fingerprint density at radius 1 is 1.48 bits per heavy atom. The molecule has 0 aromatic carbocycles. The van der Waals surface area contributed by atoms with Crippen LogP contribution in [0.1, 0.15) is 29.1 Å². The van der Waals surface area contributed by atoms with Gasteiger partial charge in [-0.2, -0.15) is 0 Å². The lowest BCUT2D eigenvalue weighted by Gasteiger charge is -2.08. The van der Waals surface area contributed by atoms with E-state index in [2.05, 4.69) is 16.9 Å². The van der Waals surface area contributed by atoms with E-state index in [1.807, 2.05) is 6.92 Å². The van der Waals surface area contributed by atoms with E-state index < -0.39 is 5.83 Å². The molecule has 118 valence electrons. The van der Waals surface area contributed by atoms with Crippen LogP contribution in [-0.2, 0) is 9.53 Å². The fraction of sp³-hybridized carbons (Fsp3) is 0.375. The largest absolute Gasteiger partial charge is 0.484 e. The van der Waals surface area contributed by atoms with E-state index in [0.717, 1.165) is 0 Å². The minimum absolute atomic E-state index is 0. The number of allylic oxidation sites excluding steroid dienone is 6. The zero-order valence-electron chi connectivity index (χ0n) is 13.1. The Balaban J connectivity index is 0. The molecule has 0 unspecified atom stereocenters. The minimum atomic E-state index is -0.408. The fourth-order valence-electron chi connectivity index (χ4n) is 1.14. The third-order valence-corrected chi connectivity index (χ3v) is 2.33. The van der Waals surface area contributed by atoms with Gasteiger partial charge in [-0.1, -0.05) is 12.7 Å². The molecule has 0 radical (unpaired) electrons. The zero-order valence-corrected chi connectivity index (χ0v) is 13.1. The summed E-state index contributed by atoms with van der Waals surface area (Å²) >= 11 is 0. The molecule has 1 N–H and O–H groups in total. The number of carbonyl (C=O) groups is 1. The monoisotopic (exact) mass is 296 g/mol. The number of carbonyl (C=O) groups excluding carboxylic acids is 1. The molecule has 0 aliphatic heterocycles. The molecule has 21 heavy (non-hydrogen) atoms. The lowest BCUT2D eigenvalue weighted by atomic mass is 10.3. The molecule has 0 heterocycles. The van der Waals surface area contributed by atoms with Crippen molar-refractivity contribution < 1.29 is 15.3 Å². The average Bonchev–Trinajstić information content (AvgIpc) is 2.47. The fourth-order valence-corrected chi connectivity index (χ4v) is 1.14. The first kappa shape index (κ1) is 18.8. The van der Waals surface area contributed by atoms with Crippen molar-refractivity contribution in [2.75, 3.05) is 13.2 Å². The number of ether oxygens (including phenoxy) is 1. The van der Waals surface area contributed by atoms with E-state index in [1.54, 1.807) is 33.1 Å². The first-order valence-electron chi connectivity index (χ1n) is 6.70. The smallest absolute Gasteiger partial charge is 0.262 e. The maximum atomic E-state index is 13.4. The van der Waals surface area contributed by atoms with Gasteiger partial charge in [0.15, 0.2) is 6.61 Å². The van der Waals surface area contributed by atoms with Gasteiger partial charge in [0.2, 0.25) is 0 Å². The highest BCUT2D eigenvalue weighted by Gasteiger charge is 2.05. The molecule has 0 saturated carbocycles. The normalized spacial score (nSPS) is 12.2. The van der Waals surface area contributed by atoms with Crippen molar-refractivity contribution in [1.82, 2.24) is 5.32 Å². The first-order chi connectivity index (χ1) is 9.94. The number of halogens is 1. The van der Waals surface area contributed by atoms with Crippen LogP contribution in [0.3, 0.4) is 0 Å². The minimum Gasteiger partial charge on any atom is -0.484 e. The molecule has 1 amide bonds. The zero-order chi connectivity index (χ0) is 16.3. The Kier molecular flexibility index (Phi) is 9.50. The van der Waals surface area contributed by atoms with Crippen LogP contribution in [0.4, 0.5) is 4.39 Å². The summed E-state index contributed by atoms with van der Waals surface area (Å²) in [6.45, 7) is 10.9. The molecule has 0 fully saturated rings. The van der Waals surface area contributed by atoms with Gasteiger partial charge in [0, 0.05) is 20.3 Å². The van der Waals surface area contributed by atoms with Crippen LogP contribution in [-0.4, -0.2) is 25.3 Å². The number of rotatable bonds is 8. The van der Waals surface area contributed by atoms with Crippen LogP contribution < -0.4 is 5.32 Å². The summed E-state index contributed by atoms with van der Waals surface area (Å²) < 4.78 is 18.6. The highest BCUT2D eigenvalue weighted by atomic mass is 19.1. The second kappa shape index (κ2) is 10.6. The topological polar surface area (TPSA) is 50.7 Å². The van der Waals surface area contributed by atoms with E-state index in [4.69, 9.17) is 4.74 Å². The van der Waals surface area contributed by atoms with E-state index >= 15 is 0 Å². The molecule has 0 saturated heterocycles. The predicted molar refractivity (Wildman–Crippen MR) is 86.8 cm³/mol. The molecule has 0 aromatic rings. The number of hydrogen-bond donors (Lipinski definition) is 1. The van der Waals surface area contributed by atoms with Crippen LogP contribution in [0.5, 0.6) is 0 Å². The number of aliphatic imine (C=N–C) groups is 1. The van der Waals surface area contributed by atoms with Gasteiger partial charge in [-0.25, -0.2) is 4.39 Å². The molecule has 5 heteroatoms. The van der Waals surface area contributed by atoms with Gasteiger partial charge in [-0.15, -0.1) is 0 Å². The average molecular weight is 296 g/mol. The van der Waals surface area contributed by atoms with Crippen molar-refractivity contribution in [2.24, 2.45) is 4.99 Å². The molecular weight excluding hydrogens is 271 g/mol. The van der Waals surface area contributed by atoms with Crippen LogP contribution in [0.2, 0.25) is 0 Å². The Labute approximate surface area is 127 Å². The van der Waals surface area contributed by atoms with E-state index in [0.29, 0.717) is 17.8 Å². The number of hydrogen-bond acceptors (Lipinski definition) is 3. The van der Waals surface area contributed by atoms with Gasteiger partial charge >= 0.3 is 0 Å². The standard InChI is InChI=1S/C16H23FN2O2.H2/c1-6-13(10-18-8-3)19-16(20)11-21-14(7-2)9-15(17)12(4)5;/h6-7,9-10H,2,8,11H2,1,3-5H3,(H,19,20);1H/b13-6+,14-9+,18-10?;. The molecule has 0 atom stereocenters. The Bertz CT molecular complexity index is 490. The SMILES string of the molecule is C=C/C(=C\C(F)=C(C)C)OCC(=O)N/C(C=NCC)=C/C.[HH]. The summed E-state index contributed by atoms with van der Waals surface area (Å²) in [5.74, 6) is -0.557. The molecule has 0 aliphatic carbocycles. The lowest BCUT2D eigenvalue weighted by Crippen LogP contribution is -2.27. The van der Waals surface area contributed by atoms with E-state index in [-0.39, 0.29) is 19.7 Å². The van der Waals surface area contributed by atoms with Crippen molar-refractivity contribution in [3.05, 3.63) is 47.7 Å². The Morgan fingerprint density at radius 2 is 2.14 bits per heavy atom. The third-order valence-electron chi connectivity index (χ3n) is 2.33. The molecular formula is C16H25FN2O2. The van der Waals surface area contributed by atoms with Gasteiger partial charge in [0.25, 0.3) is 5.91 Å². The van der Waals surface area contributed by atoms with Gasteiger partial charge < -0.3 is 10.1 Å². The summed E-state index contributed by atoms with van der Waals surface area (Å²) in [4.78, 5) is 15.7. The van der Waals surface area contributed by atoms with Crippen LogP contribution in [0.15, 0.2) is 52.7 Å². The van der Waals surface area contributed by atoms with Crippen molar-refractivity contribution in [3.8, 4) is 0 Å². The third kappa shape index (κ3) is 8.57. The van der Waals surface area contributed by atoms with Crippen LogP contribution >= 0.6 is 0 Å². The molecule has 0 rings (SSSR count). The van der Waals surface area contributed by atoms with E-state index in [9.17, 15) is 9.18 Å². The second-order valence-electron chi connectivity index (χ2n) is 4.31. The molecule has 0 aromatic heterocycles. The maximum Gasteiger partial charge on any atom is 0.262 e. The van der Waals surface area contributed by atoms with E-state index in [1.165, 1.54) is 12.2 Å². The maximum absolute atomic E-state index is 13.4. The van der Waals surface area contributed by atoms with Gasteiger partial charge in [0.05, 0.1) is 5.70 Å². The number of nitrogens with zero attached hydrogens (tertiary/aromatic N) is 1. The second-order valence-corrected chi connectivity index (χ2v) is 4.31. The molecule has 0 aliphatic rings. The quantitative estimate of drug-likeness (QED) is 0.422.